The van der Waals surface area contributed by atoms with Crippen LogP contribution >= 0.6 is 0 Å². The van der Waals surface area contributed by atoms with E-state index in [1.807, 2.05) is 41.5 Å². The van der Waals surface area contributed by atoms with Crippen LogP contribution < -0.4 is 29.6 Å². The smallest absolute Gasteiger partial charge is 0.481 e. The molecular weight excluding hydrogens is 519 g/mol. The van der Waals surface area contributed by atoms with Gasteiger partial charge in [0, 0.05) is 17.0 Å². The summed E-state index contributed by atoms with van der Waals surface area (Å²) in [6.07, 6.45) is 2.06. The number of hydrogen-bond acceptors (Lipinski definition) is 9. The van der Waals surface area contributed by atoms with Crippen LogP contribution in [0.15, 0.2) is 0 Å². The van der Waals surface area contributed by atoms with Crippen molar-refractivity contribution in [2.75, 3.05) is 27.6 Å². The number of carbonyl (C=O) groups excluding carboxylic acids is 2. The number of fused-ring (bicyclic) bond motifs is 3. The average Bonchev–Trinajstić information content (AvgIpc) is 3.46. The van der Waals surface area contributed by atoms with Crippen LogP contribution in [0.4, 0.5) is 0 Å². The highest BCUT2D eigenvalue weighted by Crippen LogP contribution is 2.54. The Hall–Kier alpha value is -2.70. The van der Waals surface area contributed by atoms with Crippen LogP contribution in [0.25, 0.3) is 0 Å². The molecule has 0 bridgehead atoms. The predicted molar refractivity (Wildman–Crippen MR) is 148 cm³/mol. The summed E-state index contributed by atoms with van der Waals surface area (Å²) in [7, 11) is 2.46. The van der Waals surface area contributed by atoms with Crippen molar-refractivity contribution in [3.8, 4) is 23.0 Å². The first-order valence-corrected chi connectivity index (χ1v) is 14.0. The van der Waals surface area contributed by atoms with Crippen LogP contribution in [0.3, 0.4) is 0 Å². The number of nitrogens with one attached hydrogen (secondary N) is 2. The van der Waals surface area contributed by atoms with Gasteiger partial charge in [0.05, 0.1) is 38.0 Å². The Kier molecular flexibility index (Phi) is 8.82. The lowest BCUT2D eigenvalue weighted by Crippen LogP contribution is -2.56. The zero-order chi connectivity index (χ0) is 29.4. The van der Waals surface area contributed by atoms with Gasteiger partial charge in [-0.2, -0.15) is 0 Å². The van der Waals surface area contributed by atoms with E-state index < -0.39 is 48.7 Å². The van der Waals surface area contributed by atoms with Gasteiger partial charge in [0.25, 0.3) is 0 Å². The van der Waals surface area contributed by atoms with Gasteiger partial charge >= 0.3 is 7.12 Å². The Morgan fingerprint density at radius 2 is 1.62 bits per heavy atom. The first-order valence-electron chi connectivity index (χ1n) is 14.0. The highest BCUT2D eigenvalue weighted by atomic mass is 16.7. The van der Waals surface area contributed by atoms with E-state index in [-0.39, 0.29) is 18.6 Å². The van der Waals surface area contributed by atoms with E-state index in [9.17, 15) is 14.7 Å². The van der Waals surface area contributed by atoms with Crippen LogP contribution in [0.5, 0.6) is 23.0 Å². The SMILES string of the molecule is COc1c2c(c3c(c1OC)OCO3)CC(C(=O)N[C@@H](CO)C(=O)NC(CC(C)C)B1OC(C)(C)C(C)(C)O1)CC2. The average molecular weight is 562 g/mol. The normalized spacial score (nSPS) is 21.9. The molecule has 3 N–H and O–H groups in total. The van der Waals surface area contributed by atoms with Gasteiger partial charge in [-0.25, -0.2) is 0 Å². The maximum Gasteiger partial charge on any atom is 0.481 e. The molecule has 1 aromatic carbocycles. The summed E-state index contributed by atoms with van der Waals surface area (Å²) in [6, 6.07) is -1.12. The number of ether oxygens (including phenoxy) is 4. The number of aliphatic hydroxyl groups is 1. The van der Waals surface area contributed by atoms with Gasteiger partial charge in [0.2, 0.25) is 30.1 Å². The van der Waals surface area contributed by atoms with Gasteiger partial charge in [-0.05, 0) is 59.3 Å². The summed E-state index contributed by atoms with van der Waals surface area (Å²) < 4.78 is 34.9. The molecular formula is C28H43BN2O9. The second-order valence-electron chi connectivity index (χ2n) is 12.1. The van der Waals surface area contributed by atoms with Gasteiger partial charge < -0.3 is 44.0 Å². The van der Waals surface area contributed by atoms with Crippen LogP contribution in [-0.4, -0.2) is 74.8 Å². The summed E-state index contributed by atoms with van der Waals surface area (Å²) in [5.41, 5.74) is 0.643. The largest absolute Gasteiger partial charge is 0.492 e. The molecule has 11 nitrogen and oxygen atoms in total. The quantitative estimate of drug-likeness (QED) is 0.367. The summed E-state index contributed by atoms with van der Waals surface area (Å²) in [5, 5.41) is 15.8. The molecule has 1 aliphatic carbocycles. The van der Waals surface area contributed by atoms with E-state index in [0.29, 0.717) is 48.7 Å². The number of carbonyl (C=O) groups is 2. The Balaban J connectivity index is 1.46. The van der Waals surface area contributed by atoms with Crippen LogP contribution in [0, 0.1) is 11.8 Å². The van der Waals surface area contributed by atoms with Crippen molar-refractivity contribution in [1.29, 1.82) is 0 Å². The number of amides is 2. The lowest BCUT2D eigenvalue weighted by Gasteiger charge is -2.32. The molecule has 2 heterocycles. The third-order valence-electron chi connectivity index (χ3n) is 8.38. The standard InChI is InChI=1S/C28H43BN2O9/c1-15(2)11-20(29-39-27(3,4)28(5,6)40-29)31-26(34)19(13-32)30-25(33)16-9-10-17-18(12-16)22-24(38-14-37-22)23(36-8)21(17)35-7/h15-16,19-20,32H,9-14H2,1-8H3,(H,30,33)(H,31,34)/t16?,19-,20?/m0/s1. The van der Waals surface area contributed by atoms with Crippen LogP contribution in [-0.2, 0) is 31.7 Å². The van der Waals surface area contributed by atoms with Crippen molar-refractivity contribution in [2.45, 2.75) is 90.4 Å². The Bertz CT molecular complexity index is 1110. The van der Waals surface area contributed by atoms with Gasteiger partial charge in [-0.15, -0.1) is 0 Å². The van der Waals surface area contributed by atoms with Crippen LogP contribution in [0.2, 0.25) is 0 Å². The Morgan fingerprint density at radius 1 is 1.00 bits per heavy atom. The van der Waals surface area contributed by atoms with Crippen molar-refractivity contribution in [1.82, 2.24) is 10.6 Å². The minimum absolute atomic E-state index is 0.0508. The molecule has 1 fully saturated rings. The van der Waals surface area contributed by atoms with E-state index in [2.05, 4.69) is 10.6 Å². The Morgan fingerprint density at radius 3 is 2.20 bits per heavy atom. The number of rotatable bonds is 10. The lowest BCUT2D eigenvalue weighted by atomic mass is 9.74. The summed E-state index contributed by atoms with van der Waals surface area (Å²) in [4.78, 5) is 26.7. The first-order chi connectivity index (χ1) is 18.8. The Labute approximate surface area is 236 Å². The molecule has 2 unspecified atom stereocenters. The molecule has 3 atom stereocenters. The zero-order valence-corrected chi connectivity index (χ0v) is 24.8. The number of hydrogen-bond donors (Lipinski definition) is 3. The molecule has 0 aromatic heterocycles. The molecule has 4 rings (SSSR count). The first kappa shape index (κ1) is 30.3. The van der Waals surface area contributed by atoms with Gasteiger partial charge in [0.15, 0.2) is 11.5 Å². The number of benzene rings is 1. The maximum atomic E-state index is 13.4. The van der Waals surface area contributed by atoms with E-state index in [1.165, 1.54) is 0 Å². The predicted octanol–water partition coefficient (Wildman–Crippen LogP) is 2.18. The molecule has 2 amide bonds. The fourth-order valence-electron chi connectivity index (χ4n) is 5.52. The molecule has 2 aliphatic heterocycles. The molecule has 1 saturated heterocycles. The zero-order valence-electron chi connectivity index (χ0n) is 24.8. The molecule has 0 spiro atoms. The second-order valence-corrected chi connectivity index (χ2v) is 12.1. The van der Waals surface area contributed by atoms with Gasteiger partial charge in [0.1, 0.15) is 6.04 Å². The summed E-state index contributed by atoms with van der Waals surface area (Å²) in [5.74, 6) is 0.621. The summed E-state index contributed by atoms with van der Waals surface area (Å²) in [6.45, 7) is 11.4. The van der Waals surface area contributed by atoms with Crippen molar-refractivity contribution in [3.63, 3.8) is 0 Å². The molecule has 0 saturated carbocycles. The van der Waals surface area contributed by atoms with Crippen molar-refractivity contribution >= 4 is 18.9 Å². The highest BCUT2D eigenvalue weighted by Gasteiger charge is 2.54. The minimum Gasteiger partial charge on any atom is -0.492 e. The number of methoxy groups -OCH3 is 2. The van der Waals surface area contributed by atoms with Gasteiger partial charge in [-0.1, -0.05) is 13.8 Å². The van der Waals surface area contributed by atoms with Gasteiger partial charge in [-0.3, -0.25) is 9.59 Å². The summed E-state index contributed by atoms with van der Waals surface area (Å²) >= 11 is 0. The topological polar surface area (TPSA) is 134 Å². The number of aliphatic hydroxyl groups excluding tert-OH is 1. The maximum absolute atomic E-state index is 13.4. The third kappa shape index (κ3) is 5.71. The van der Waals surface area contributed by atoms with Crippen molar-refractivity contribution < 1.29 is 43.0 Å². The van der Waals surface area contributed by atoms with E-state index >= 15 is 0 Å². The van der Waals surface area contributed by atoms with Crippen molar-refractivity contribution in [3.05, 3.63) is 11.1 Å². The molecule has 0 radical (unpaired) electrons. The van der Waals surface area contributed by atoms with E-state index in [4.69, 9.17) is 28.3 Å². The molecule has 3 aliphatic rings. The minimum atomic E-state index is -1.12. The fraction of sp³-hybridized carbons (Fsp3) is 0.714. The molecule has 12 heteroatoms. The highest BCUT2D eigenvalue weighted by molar-refractivity contribution is 6.48. The van der Waals surface area contributed by atoms with E-state index in [0.717, 1.165) is 11.1 Å². The fourth-order valence-corrected chi connectivity index (χ4v) is 5.52. The lowest BCUT2D eigenvalue weighted by molar-refractivity contribution is -0.132. The van der Waals surface area contributed by atoms with Crippen molar-refractivity contribution in [2.24, 2.45) is 11.8 Å². The molecule has 1 aromatic rings. The third-order valence-corrected chi connectivity index (χ3v) is 8.38. The molecule has 40 heavy (non-hydrogen) atoms. The van der Waals surface area contributed by atoms with Crippen LogP contribution in [0.1, 0.15) is 65.5 Å². The van der Waals surface area contributed by atoms with E-state index in [1.54, 1.807) is 14.2 Å². The monoisotopic (exact) mass is 562 g/mol. The second kappa shape index (κ2) is 11.7. The molecule has 222 valence electrons.